The van der Waals surface area contributed by atoms with Crippen molar-refractivity contribution < 1.29 is 19.1 Å². The van der Waals surface area contributed by atoms with Crippen molar-refractivity contribution in [3.63, 3.8) is 0 Å². The number of halogens is 1. The lowest BCUT2D eigenvalue weighted by Crippen LogP contribution is -2.33. The summed E-state index contributed by atoms with van der Waals surface area (Å²) >= 11 is 1.45. The van der Waals surface area contributed by atoms with Crippen molar-refractivity contribution in [2.75, 3.05) is 13.7 Å². The minimum absolute atomic E-state index is 0. The van der Waals surface area contributed by atoms with Crippen LogP contribution < -0.4 is 0 Å². The molecule has 9 nitrogen and oxygen atoms in total. The van der Waals surface area contributed by atoms with Crippen LogP contribution in [0.4, 0.5) is 4.79 Å². The topological polar surface area (TPSA) is 97.6 Å². The van der Waals surface area contributed by atoms with E-state index in [0.29, 0.717) is 24.4 Å². The average molecular weight is 572 g/mol. The molecule has 11 heteroatoms. The van der Waals surface area contributed by atoms with Gasteiger partial charge < -0.3 is 9.30 Å². The van der Waals surface area contributed by atoms with E-state index in [1.54, 1.807) is 29.9 Å². The average Bonchev–Trinajstić information content (AvgIpc) is 3.63. The van der Waals surface area contributed by atoms with Crippen molar-refractivity contribution in [1.29, 1.82) is 0 Å². The molecule has 1 aliphatic rings. The van der Waals surface area contributed by atoms with Crippen LogP contribution in [0.3, 0.4) is 0 Å². The number of nitrogens with zero attached hydrogens (tertiary/aromatic N) is 5. The number of ether oxygens (including phenoxy) is 1. The zero-order valence-corrected chi connectivity index (χ0v) is 24.1. The number of imide groups is 1. The van der Waals surface area contributed by atoms with E-state index in [0.717, 1.165) is 54.9 Å². The van der Waals surface area contributed by atoms with Crippen LogP contribution in [0.5, 0.6) is 0 Å². The molecule has 0 bridgehead atoms. The van der Waals surface area contributed by atoms with Crippen molar-refractivity contribution in [1.82, 2.24) is 24.3 Å². The number of aromatic nitrogens is 3. The number of rotatable bonds is 12. The molecule has 3 aromatic rings. The lowest BCUT2D eigenvalue weighted by molar-refractivity contribution is -0.123. The summed E-state index contributed by atoms with van der Waals surface area (Å²) < 4.78 is 6.88. The lowest BCUT2D eigenvalue weighted by atomic mass is 10.1. The number of benzene rings is 1. The fraction of sp³-hybridized carbons (Fsp3) is 0.393. The maximum Gasteiger partial charge on any atom is 0.337 e. The Labute approximate surface area is 238 Å². The quantitative estimate of drug-likeness (QED) is 0.161. The Morgan fingerprint density at radius 3 is 2.41 bits per heavy atom. The smallest absolute Gasteiger partial charge is 0.337 e. The molecule has 1 fully saturated rings. The highest BCUT2D eigenvalue weighted by Crippen LogP contribution is 2.27. The number of hydrogen-bond acceptors (Lipinski definition) is 7. The Morgan fingerprint density at radius 1 is 1.03 bits per heavy atom. The van der Waals surface area contributed by atoms with Crippen LogP contribution in [0.25, 0.3) is 6.08 Å². The summed E-state index contributed by atoms with van der Waals surface area (Å²) in [6.07, 6.45) is 7.95. The molecule has 39 heavy (non-hydrogen) atoms. The van der Waals surface area contributed by atoms with E-state index in [4.69, 9.17) is 4.74 Å². The molecule has 1 aromatic carbocycles. The zero-order valence-electron chi connectivity index (χ0n) is 22.5. The first-order valence-corrected chi connectivity index (χ1v) is 13.8. The summed E-state index contributed by atoms with van der Waals surface area (Å²) in [5.41, 5.74) is 4.98. The molecule has 2 aromatic heterocycles. The second kappa shape index (κ2) is 14.0. The van der Waals surface area contributed by atoms with Crippen molar-refractivity contribution >= 4 is 47.7 Å². The number of amides is 3. The van der Waals surface area contributed by atoms with E-state index in [-0.39, 0.29) is 36.9 Å². The van der Waals surface area contributed by atoms with Gasteiger partial charge in [-0.15, -0.1) is 23.7 Å². The summed E-state index contributed by atoms with van der Waals surface area (Å²) in [5, 5.41) is 1.88. The molecule has 4 rings (SSSR count). The Balaban J connectivity index is 0.00000420. The minimum atomic E-state index is -0.384. The van der Waals surface area contributed by atoms with E-state index < -0.39 is 0 Å². The molecule has 0 N–H and O–H groups in total. The van der Waals surface area contributed by atoms with Gasteiger partial charge in [0.15, 0.2) is 0 Å². The van der Waals surface area contributed by atoms with Crippen LogP contribution in [0.2, 0.25) is 0 Å². The monoisotopic (exact) mass is 571 g/mol. The Hall–Kier alpha value is -3.50. The molecule has 1 aliphatic heterocycles. The molecule has 0 aliphatic carbocycles. The van der Waals surface area contributed by atoms with Gasteiger partial charge in [0, 0.05) is 24.9 Å². The van der Waals surface area contributed by atoms with Gasteiger partial charge in [0.25, 0.3) is 5.91 Å². The third kappa shape index (κ3) is 6.93. The first-order chi connectivity index (χ1) is 18.5. The highest BCUT2D eigenvalue weighted by Gasteiger charge is 2.41. The number of unbranched alkanes of at least 4 members (excludes halogenated alkanes) is 2. The van der Waals surface area contributed by atoms with Gasteiger partial charge >= 0.3 is 12.0 Å². The Kier molecular flexibility index (Phi) is 10.8. The summed E-state index contributed by atoms with van der Waals surface area (Å²) in [6, 6.07) is 6.93. The van der Waals surface area contributed by atoms with Crippen molar-refractivity contribution in [3.8, 4) is 0 Å². The van der Waals surface area contributed by atoms with Crippen molar-refractivity contribution in [2.24, 2.45) is 0 Å². The fourth-order valence-corrected chi connectivity index (χ4v) is 4.87. The molecule has 0 saturated carbocycles. The summed E-state index contributed by atoms with van der Waals surface area (Å²) in [6.45, 7) is 5.28. The number of hydrogen-bond donors (Lipinski definition) is 0. The van der Waals surface area contributed by atoms with Gasteiger partial charge in [0.2, 0.25) is 0 Å². The third-order valence-corrected chi connectivity index (χ3v) is 7.11. The minimum Gasteiger partial charge on any atom is -0.465 e. The zero-order chi connectivity index (χ0) is 27.1. The van der Waals surface area contributed by atoms with Gasteiger partial charge in [-0.25, -0.2) is 19.6 Å². The predicted octanol–water partition coefficient (Wildman–Crippen LogP) is 5.54. The van der Waals surface area contributed by atoms with Crippen LogP contribution in [-0.2, 0) is 29.0 Å². The number of aryl methyl sites for hydroxylation is 1. The van der Waals surface area contributed by atoms with Gasteiger partial charge in [0.1, 0.15) is 11.5 Å². The number of carbonyl (C=O) groups excluding carboxylic acids is 3. The Morgan fingerprint density at radius 2 is 1.77 bits per heavy atom. The molecule has 0 spiro atoms. The van der Waals surface area contributed by atoms with Gasteiger partial charge in [-0.05, 0) is 36.6 Å². The van der Waals surface area contributed by atoms with Crippen LogP contribution >= 0.6 is 23.7 Å². The number of thiazole rings is 1. The van der Waals surface area contributed by atoms with Crippen molar-refractivity contribution in [3.05, 3.63) is 75.4 Å². The van der Waals surface area contributed by atoms with Crippen LogP contribution in [0.15, 0.2) is 47.0 Å². The first-order valence-electron chi connectivity index (χ1n) is 12.9. The predicted molar refractivity (Wildman–Crippen MR) is 153 cm³/mol. The number of methoxy groups -OCH3 is 1. The van der Waals surface area contributed by atoms with Gasteiger partial charge in [-0.1, -0.05) is 38.8 Å². The second-order valence-corrected chi connectivity index (χ2v) is 9.88. The molecule has 0 atom stereocenters. The SMILES string of the molecule is CCCCc1ncc(C=C2C(=O)N(CCCC)C(=O)N2Cc2cscn2)n1Cc1ccc(C(=O)OC)cc1.Cl. The summed E-state index contributed by atoms with van der Waals surface area (Å²) in [5.74, 6) is 0.218. The second-order valence-electron chi connectivity index (χ2n) is 9.17. The highest BCUT2D eigenvalue weighted by atomic mass is 35.5. The maximum atomic E-state index is 13.4. The first kappa shape index (κ1) is 30.0. The van der Waals surface area contributed by atoms with E-state index in [2.05, 4.69) is 21.5 Å². The molecule has 3 heterocycles. The molecule has 208 valence electrons. The maximum absolute atomic E-state index is 13.4. The summed E-state index contributed by atoms with van der Waals surface area (Å²) in [4.78, 5) is 50.4. The molecular weight excluding hydrogens is 538 g/mol. The number of carbonyl (C=O) groups is 3. The van der Waals surface area contributed by atoms with E-state index in [1.807, 2.05) is 24.4 Å². The highest BCUT2D eigenvalue weighted by molar-refractivity contribution is 7.07. The van der Waals surface area contributed by atoms with E-state index >= 15 is 0 Å². The van der Waals surface area contributed by atoms with Crippen molar-refractivity contribution in [2.45, 2.75) is 59.0 Å². The van der Waals surface area contributed by atoms with E-state index in [1.165, 1.54) is 28.2 Å². The fourth-order valence-electron chi connectivity index (χ4n) is 4.32. The van der Waals surface area contributed by atoms with Gasteiger partial charge in [0.05, 0.1) is 42.3 Å². The standard InChI is InChI=1S/C28H33N5O4S.ClH/c1-4-6-8-25-29-15-23(32(25)16-20-9-11-21(12-10-20)27(35)37-3)14-24-26(34)31(13-7-5-2)28(36)33(24)17-22-18-38-19-30-22;/h9-12,14-15,18-19H,4-8,13,16-17H2,1-3H3;1H. The largest absolute Gasteiger partial charge is 0.465 e. The number of urea groups is 1. The Bertz CT molecular complexity index is 1300. The summed E-state index contributed by atoms with van der Waals surface area (Å²) in [7, 11) is 1.36. The third-order valence-electron chi connectivity index (χ3n) is 6.48. The van der Waals surface area contributed by atoms with Crippen LogP contribution in [0, 0.1) is 0 Å². The van der Waals surface area contributed by atoms with Gasteiger partial charge in [-0.3, -0.25) is 14.6 Å². The number of esters is 1. The van der Waals surface area contributed by atoms with Crippen LogP contribution in [0.1, 0.15) is 72.7 Å². The lowest BCUT2D eigenvalue weighted by Gasteiger charge is -2.16. The molecule has 0 unspecified atom stereocenters. The van der Waals surface area contributed by atoms with Crippen LogP contribution in [-0.4, -0.2) is 55.9 Å². The molecule has 1 saturated heterocycles. The molecule has 3 amide bonds. The van der Waals surface area contributed by atoms with E-state index in [9.17, 15) is 14.4 Å². The van der Waals surface area contributed by atoms with Gasteiger partial charge in [-0.2, -0.15) is 0 Å². The number of imidazole rings is 1. The molecular formula is C28H34ClN5O4S. The molecule has 0 radical (unpaired) electrons. The normalized spacial score (nSPS) is 14.3.